The molecule has 4 atom stereocenters. The summed E-state index contributed by atoms with van der Waals surface area (Å²) < 4.78 is 5.19. The van der Waals surface area contributed by atoms with Gasteiger partial charge in [0.25, 0.3) is 0 Å². The molecule has 0 aromatic heterocycles. The highest BCUT2D eigenvalue weighted by Crippen LogP contribution is 2.56. The largest absolute Gasteiger partial charge is 0.495 e. The van der Waals surface area contributed by atoms with Crippen LogP contribution < -0.4 is 10.1 Å². The topological polar surface area (TPSA) is 75.7 Å². The molecule has 6 heteroatoms. The summed E-state index contributed by atoms with van der Waals surface area (Å²) in [6.07, 6.45) is 3.06. The smallest absolute Gasteiger partial charge is 0.244 e. The van der Waals surface area contributed by atoms with Crippen LogP contribution in [0.1, 0.15) is 19.3 Å². The van der Waals surface area contributed by atoms with Crippen LogP contribution in [0.25, 0.3) is 0 Å². The number of benzene rings is 1. The zero-order chi connectivity index (χ0) is 16.8. The number of para-hydroxylation sites is 2. The molecule has 0 spiro atoms. The van der Waals surface area contributed by atoms with Crippen LogP contribution in [0.3, 0.4) is 0 Å². The summed E-state index contributed by atoms with van der Waals surface area (Å²) in [7, 11) is 1.52. The maximum absolute atomic E-state index is 12.6. The number of nitrogens with one attached hydrogen (secondary N) is 1. The van der Waals surface area contributed by atoms with E-state index in [1.807, 2.05) is 0 Å². The molecule has 24 heavy (non-hydrogen) atoms. The molecular weight excluding hydrogens is 308 g/mol. The van der Waals surface area contributed by atoms with E-state index >= 15 is 0 Å². The van der Waals surface area contributed by atoms with Crippen molar-refractivity contribution >= 4 is 23.4 Å². The summed E-state index contributed by atoms with van der Waals surface area (Å²) >= 11 is 0. The highest BCUT2D eigenvalue weighted by Gasteiger charge is 2.60. The number of fused-ring (bicyclic) bond motifs is 5. The van der Waals surface area contributed by atoms with Crippen LogP contribution in [-0.2, 0) is 14.4 Å². The number of imide groups is 1. The Morgan fingerprint density at radius 1 is 1.17 bits per heavy atom. The molecule has 1 heterocycles. The van der Waals surface area contributed by atoms with Gasteiger partial charge in [0, 0.05) is 0 Å². The number of methoxy groups -OCH3 is 1. The number of carbonyl (C=O) groups excluding carboxylic acids is 3. The van der Waals surface area contributed by atoms with Crippen molar-refractivity contribution in [2.75, 3.05) is 19.0 Å². The van der Waals surface area contributed by atoms with E-state index in [1.165, 1.54) is 7.11 Å². The van der Waals surface area contributed by atoms with Crippen molar-refractivity contribution in [1.82, 2.24) is 4.90 Å². The summed E-state index contributed by atoms with van der Waals surface area (Å²) in [5.41, 5.74) is 0.532. The van der Waals surface area contributed by atoms with E-state index in [2.05, 4.69) is 5.32 Å². The molecule has 3 aliphatic rings. The van der Waals surface area contributed by atoms with Crippen LogP contribution in [0.2, 0.25) is 0 Å². The van der Waals surface area contributed by atoms with Crippen molar-refractivity contribution in [1.29, 1.82) is 0 Å². The molecular formula is C18H20N2O4. The minimum atomic E-state index is -0.381. The van der Waals surface area contributed by atoms with Gasteiger partial charge in [0.1, 0.15) is 12.3 Å². The number of likely N-dealkylation sites (tertiary alicyclic amines) is 1. The summed E-state index contributed by atoms with van der Waals surface area (Å²) in [6, 6.07) is 7.05. The van der Waals surface area contributed by atoms with E-state index in [1.54, 1.807) is 24.3 Å². The first kappa shape index (κ1) is 15.2. The SMILES string of the molecule is COc1ccccc1NC(=O)CN1C(=O)[C@@H]2[C@H]3CC[C@@H](C3)[C@H]2C1=O. The van der Waals surface area contributed by atoms with E-state index in [0.717, 1.165) is 24.2 Å². The Hall–Kier alpha value is -2.37. The highest BCUT2D eigenvalue weighted by molar-refractivity contribution is 6.09. The highest BCUT2D eigenvalue weighted by atomic mass is 16.5. The summed E-state index contributed by atoms with van der Waals surface area (Å²) in [4.78, 5) is 38.7. The maximum atomic E-state index is 12.6. The van der Waals surface area contributed by atoms with Crippen LogP contribution in [0.15, 0.2) is 24.3 Å². The minimum Gasteiger partial charge on any atom is -0.495 e. The van der Waals surface area contributed by atoms with Gasteiger partial charge in [0.05, 0.1) is 24.6 Å². The predicted octanol–water partition coefficient (Wildman–Crippen LogP) is 1.66. The van der Waals surface area contributed by atoms with Crippen molar-refractivity contribution in [2.45, 2.75) is 19.3 Å². The second-order valence-electron chi connectivity index (χ2n) is 6.90. The van der Waals surface area contributed by atoms with Gasteiger partial charge in [-0.15, -0.1) is 0 Å². The Kier molecular flexibility index (Phi) is 3.55. The molecule has 1 N–H and O–H groups in total. The van der Waals surface area contributed by atoms with Crippen LogP contribution in [-0.4, -0.2) is 36.3 Å². The summed E-state index contributed by atoms with van der Waals surface area (Å²) in [6.45, 7) is -0.220. The first-order valence-electron chi connectivity index (χ1n) is 8.38. The van der Waals surface area contributed by atoms with E-state index in [0.29, 0.717) is 23.3 Å². The van der Waals surface area contributed by atoms with Crippen molar-refractivity contribution in [3.8, 4) is 5.75 Å². The average Bonchev–Trinajstić information content (AvgIpc) is 3.25. The lowest BCUT2D eigenvalue weighted by Crippen LogP contribution is -2.39. The van der Waals surface area contributed by atoms with Crippen LogP contribution in [0, 0.1) is 23.7 Å². The van der Waals surface area contributed by atoms with E-state index in [9.17, 15) is 14.4 Å². The number of carbonyl (C=O) groups is 3. The lowest BCUT2D eigenvalue weighted by molar-refractivity contribution is -0.143. The maximum Gasteiger partial charge on any atom is 0.244 e. The number of ether oxygens (including phenoxy) is 1. The molecule has 6 nitrogen and oxygen atoms in total. The Morgan fingerprint density at radius 3 is 2.42 bits per heavy atom. The molecule has 0 radical (unpaired) electrons. The second-order valence-corrected chi connectivity index (χ2v) is 6.90. The van der Waals surface area contributed by atoms with E-state index < -0.39 is 0 Å². The van der Waals surface area contributed by atoms with Crippen LogP contribution >= 0.6 is 0 Å². The molecule has 1 aromatic rings. The first-order valence-corrected chi connectivity index (χ1v) is 8.38. The number of anilines is 1. The van der Waals surface area contributed by atoms with Gasteiger partial charge in [0.15, 0.2) is 0 Å². The van der Waals surface area contributed by atoms with Crippen molar-refractivity contribution in [3.63, 3.8) is 0 Å². The molecule has 2 aliphatic carbocycles. The monoisotopic (exact) mass is 328 g/mol. The summed E-state index contributed by atoms with van der Waals surface area (Å²) in [5.74, 6) is 0.135. The molecule has 2 bridgehead atoms. The van der Waals surface area contributed by atoms with Crippen molar-refractivity contribution in [2.24, 2.45) is 23.7 Å². The lowest BCUT2D eigenvalue weighted by Gasteiger charge is -2.19. The van der Waals surface area contributed by atoms with Gasteiger partial charge in [-0.05, 0) is 43.2 Å². The van der Waals surface area contributed by atoms with E-state index in [-0.39, 0.29) is 36.1 Å². The third-order valence-corrected chi connectivity index (χ3v) is 5.70. The molecule has 126 valence electrons. The van der Waals surface area contributed by atoms with Gasteiger partial charge in [-0.2, -0.15) is 0 Å². The van der Waals surface area contributed by atoms with Gasteiger partial charge >= 0.3 is 0 Å². The third kappa shape index (κ3) is 2.20. The van der Waals surface area contributed by atoms with Gasteiger partial charge in [-0.1, -0.05) is 12.1 Å². The number of nitrogens with zero attached hydrogens (tertiary/aromatic N) is 1. The second kappa shape index (κ2) is 5.61. The van der Waals surface area contributed by atoms with E-state index in [4.69, 9.17) is 4.74 Å². The molecule has 1 saturated heterocycles. The van der Waals surface area contributed by atoms with Gasteiger partial charge in [0.2, 0.25) is 17.7 Å². The van der Waals surface area contributed by atoms with Gasteiger partial charge in [-0.25, -0.2) is 0 Å². The lowest BCUT2D eigenvalue weighted by atomic mass is 9.81. The van der Waals surface area contributed by atoms with Crippen LogP contribution in [0.5, 0.6) is 5.75 Å². The van der Waals surface area contributed by atoms with Gasteiger partial charge < -0.3 is 10.1 Å². The third-order valence-electron chi connectivity index (χ3n) is 5.70. The number of rotatable bonds is 4. The standard InChI is InChI=1S/C18H20N2O4/c1-24-13-5-3-2-4-12(13)19-14(21)9-20-17(22)15-10-6-7-11(8-10)16(15)18(20)23/h2-5,10-11,15-16H,6-9H2,1H3,(H,19,21)/t10-,11-,15+,16+/m0/s1. The summed E-state index contributed by atoms with van der Waals surface area (Å²) in [5, 5.41) is 2.72. The number of hydrogen-bond donors (Lipinski definition) is 1. The average molecular weight is 328 g/mol. The first-order chi connectivity index (χ1) is 11.6. The number of hydrogen-bond acceptors (Lipinski definition) is 4. The molecule has 2 saturated carbocycles. The Balaban J connectivity index is 1.47. The molecule has 3 fully saturated rings. The fourth-order valence-electron chi connectivity index (χ4n) is 4.71. The fourth-order valence-corrected chi connectivity index (χ4v) is 4.71. The Morgan fingerprint density at radius 2 is 1.79 bits per heavy atom. The molecule has 1 aliphatic heterocycles. The zero-order valence-electron chi connectivity index (χ0n) is 13.5. The molecule has 0 unspecified atom stereocenters. The van der Waals surface area contributed by atoms with Crippen molar-refractivity contribution < 1.29 is 19.1 Å². The predicted molar refractivity (Wildman–Crippen MR) is 86.2 cm³/mol. The normalized spacial score (nSPS) is 30.6. The molecule has 4 rings (SSSR count). The van der Waals surface area contributed by atoms with Crippen LogP contribution in [0.4, 0.5) is 5.69 Å². The number of amides is 3. The Bertz CT molecular complexity index is 689. The van der Waals surface area contributed by atoms with Crippen molar-refractivity contribution in [3.05, 3.63) is 24.3 Å². The fraction of sp³-hybridized carbons (Fsp3) is 0.500. The Labute approximate surface area is 140 Å². The quantitative estimate of drug-likeness (QED) is 0.853. The zero-order valence-corrected chi connectivity index (χ0v) is 13.5. The van der Waals surface area contributed by atoms with Gasteiger partial charge in [-0.3, -0.25) is 19.3 Å². The minimum absolute atomic E-state index is 0.160. The molecule has 1 aromatic carbocycles. The molecule has 3 amide bonds.